The molecule has 0 fully saturated rings. The van der Waals surface area contributed by atoms with Crippen LogP contribution in [-0.2, 0) is 0 Å². The van der Waals surface area contributed by atoms with E-state index < -0.39 is 0 Å². The number of nitrogens with zero attached hydrogens (tertiary/aromatic N) is 1. The average molecular weight is 162 g/mol. The molecule has 1 rings (SSSR count). The minimum Gasteiger partial charge on any atom is -0.324 e. The molecule has 1 aromatic rings. The number of hydrogen-bond acceptors (Lipinski definition) is 2. The maximum Gasteiger partial charge on any atom is 0.0347 e. The van der Waals surface area contributed by atoms with Crippen molar-refractivity contribution in [3.63, 3.8) is 0 Å². The second-order valence-electron chi connectivity index (χ2n) is 3.05. The fraction of sp³-hybridized carbons (Fsp3) is 0.300. The van der Waals surface area contributed by atoms with Crippen molar-refractivity contribution in [1.29, 1.82) is 0 Å². The Bertz CT molecular complexity index is 254. The molecule has 1 heterocycles. The lowest BCUT2D eigenvalue weighted by Gasteiger charge is -2.10. The number of nitrogens with two attached hydrogens (primary N) is 1. The Morgan fingerprint density at radius 1 is 1.75 bits per heavy atom. The van der Waals surface area contributed by atoms with Crippen molar-refractivity contribution in [1.82, 2.24) is 4.98 Å². The van der Waals surface area contributed by atoms with Crippen LogP contribution in [0.3, 0.4) is 0 Å². The van der Waals surface area contributed by atoms with Gasteiger partial charge in [-0.2, -0.15) is 0 Å². The first-order valence-electron chi connectivity index (χ1n) is 4.00. The molecular weight excluding hydrogens is 148 g/mol. The molecule has 0 amide bonds. The highest BCUT2D eigenvalue weighted by atomic mass is 14.7. The highest BCUT2D eigenvalue weighted by Gasteiger charge is 2.04. The van der Waals surface area contributed by atoms with Crippen molar-refractivity contribution in [2.24, 2.45) is 5.73 Å². The molecule has 2 nitrogen and oxygen atoms in total. The van der Waals surface area contributed by atoms with Crippen LogP contribution >= 0.6 is 0 Å². The molecule has 0 saturated carbocycles. The van der Waals surface area contributed by atoms with Crippen molar-refractivity contribution in [2.45, 2.75) is 19.4 Å². The van der Waals surface area contributed by atoms with E-state index in [1.54, 1.807) is 12.4 Å². The standard InChI is InChI=1S/C10H14N2/c1-8(2)6-10(11)9-4-3-5-12-7-9/h3-5,7,10H,1,6,11H2,2H3/t10-/m1/s1. The molecule has 64 valence electrons. The third kappa shape index (κ3) is 2.47. The van der Waals surface area contributed by atoms with Gasteiger partial charge in [-0.25, -0.2) is 0 Å². The lowest BCUT2D eigenvalue weighted by molar-refractivity contribution is 0.713. The summed E-state index contributed by atoms with van der Waals surface area (Å²) in [6.07, 6.45) is 4.37. The summed E-state index contributed by atoms with van der Waals surface area (Å²) in [6.45, 7) is 5.80. The van der Waals surface area contributed by atoms with Gasteiger partial charge in [-0.15, -0.1) is 6.58 Å². The van der Waals surface area contributed by atoms with E-state index in [-0.39, 0.29) is 6.04 Å². The van der Waals surface area contributed by atoms with Crippen LogP contribution in [0.4, 0.5) is 0 Å². The molecule has 0 aliphatic rings. The first-order valence-corrected chi connectivity index (χ1v) is 4.00. The van der Waals surface area contributed by atoms with E-state index in [0.717, 1.165) is 17.6 Å². The molecule has 0 radical (unpaired) electrons. The van der Waals surface area contributed by atoms with Gasteiger partial charge in [-0.05, 0) is 25.0 Å². The molecule has 2 N–H and O–H groups in total. The van der Waals surface area contributed by atoms with Crippen LogP contribution in [0.5, 0.6) is 0 Å². The molecule has 0 saturated heterocycles. The molecule has 0 unspecified atom stereocenters. The van der Waals surface area contributed by atoms with E-state index in [0.29, 0.717) is 0 Å². The van der Waals surface area contributed by atoms with E-state index in [9.17, 15) is 0 Å². The number of pyridine rings is 1. The smallest absolute Gasteiger partial charge is 0.0347 e. The van der Waals surface area contributed by atoms with Crippen LogP contribution in [0.15, 0.2) is 36.7 Å². The van der Waals surface area contributed by atoms with Crippen LogP contribution < -0.4 is 5.73 Å². The van der Waals surface area contributed by atoms with Gasteiger partial charge < -0.3 is 5.73 Å². The second-order valence-corrected chi connectivity index (χ2v) is 3.05. The third-order valence-corrected chi connectivity index (χ3v) is 1.68. The topological polar surface area (TPSA) is 38.9 Å². The van der Waals surface area contributed by atoms with Crippen LogP contribution in [0.25, 0.3) is 0 Å². The van der Waals surface area contributed by atoms with Gasteiger partial charge >= 0.3 is 0 Å². The Balaban J connectivity index is 2.65. The predicted octanol–water partition coefficient (Wildman–Crippen LogP) is 2.05. The zero-order chi connectivity index (χ0) is 8.97. The summed E-state index contributed by atoms with van der Waals surface area (Å²) in [4.78, 5) is 4.00. The van der Waals surface area contributed by atoms with Crippen molar-refractivity contribution in [3.05, 3.63) is 42.2 Å². The first kappa shape index (κ1) is 8.94. The van der Waals surface area contributed by atoms with Crippen molar-refractivity contribution in [3.8, 4) is 0 Å². The molecule has 1 atom stereocenters. The molecule has 1 aromatic heterocycles. The van der Waals surface area contributed by atoms with Gasteiger partial charge in [0.15, 0.2) is 0 Å². The summed E-state index contributed by atoms with van der Waals surface area (Å²) >= 11 is 0. The normalized spacial score (nSPS) is 12.5. The highest BCUT2D eigenvalue weighted by molar-refractivity contribution is 5.15. The molecule has 0 spiro atoms. The Labute approximate surface area is 73.1 Å². The second kappa shape index (κ2) is 4.02. The van der Waals surface area contributed by atoms with Gasteiger partial charge in [0, 0.05) is 18.4 Å². The average Bonchev–Trinajstić information content (AvgIpc) is 2.05. The summed E-state index contributed by atoms with van der Waals surface area (Å²) < 4.78 is 0. The zero-order valence-corrected chi connectivity index (χ0v) is 7.33. The van der Waals surface area contributed by atoms with Crippen molar-refractivity contribution < 1.29 is 0 Å². The molecular formula is C10H14N2. The summed E-state index contributed by atoms with van der Waals surface area (Å²) in [5, 5.41) is 0. The lowest BCUT2D eigenvalue weighted by atomic mass is 10.0. The molecule has 0 bridgehead atoms. The highest BCUT2D eigenvalue weighted by Crippen LogP contribution is 2.15. The van der Waals surface area contributed by atoms with Crippen molar-refractivity contribution >= 4 is 0 Å². The minimum atomic E-state index is 0.0381. The van der Waals surface area contributed by atoms with Crippen LogP contribution in [0, 0.1) is 0 Å². The number of hydrogen-bond donors (Lipinski definition) is 1. The maximum atomic E-state index is 5.90. The van der Waals surface area contributed by atoms with Gasteiger partial charge in [0.05, 0.1) is 0 Å². The Hall–Kier alpha value is -1.15. The molecule has 12 heavy (non-hydrogen) atoms. The lowest BCUT2D eigenvalue weighted by Crippen LogP contribution is -2.10. The molecule has 0 aliphatic carbocycles. The van der Waals surface area contributed by atoms with E-state index in [1.807, 2.05) is 19.1 Å². The van der Waals surface area contributed by atoms with Gasteiger partial charge in [0.1, 0.15) is 0 Å². The third-order valence-electron chi connectivity index (χ3n) is 1.68. The molecule has 2 heteroatoms. The Morgan fingerprint density at radius 2 is 2.50 bits per heavy atom. The van der Waals surface area contributed by atoms with Crippen LogP contribution in [0.2, 0.25) is 0 Å². The van der Waals surface area contributed by atoms with Crippen LogP contribution in [0.1, 0.15) is 24.9 Å². The van der Waals surface area contributed by atoms with Crippen LogP contribution in [-0.4, -0.2) is 4.98 Å². The number of rotatable bonds is 3. The van der Waals surface area contributed by atoms with Crippen molar-refractivity contribution in [2.75, 3.05) is 0 Å². The van der Waals surface area contributed by atoms with Gasteiger partial charge in [-0.3, -0.25) is 4.98 Å². The molecule has 0 aliphatic heterocycles. The largest absolute Gasteiger partial charge is 0.324 e. The number of aromatic nitrogens is 1. The maximum absolute atomic E-state index is 5.90. The first-order chi connectivity index (χ1) is 5.70. The van der Waals surface area contributed by atoms with E-state index in [2.05, 4.69) is 11.6 Å². The Kier molecular flexibility index (Phi) is 3.00. The molecule has 0 aromatic carbocycles. The summed E-state index contributed by atoms with van der Waals surface area (Å²) in [5.74, 6) is 0. The summed E-state index contributed by atoms with van der Waals surface area (Å²) in [7, 11) is 0. The van der Waals surface area contributed by atoms with E-state index in [4.69, 9.17) is 5.73 Å². The fourth-order valence-electron chi connectivity index (χ4n) is 1.09. The van der Waals surface area contributed by atoms with Gasteiger partial charge in [-0.1, -0.05) is 11.6 Å². The fourth-order valence-corrected chi connectivity index (χ4v) is 1.09. The van der Waals surface area contributed by atoms with Gasteiger partial charge in [0.25, 0.3) is 0 Å². The monoisotopic (exact) mass is 162 g/mol. The SMILES string of the molecule is C=C(C)C[C@@H](N)c1cccnc1. The summed E-state index contributed by atoms with van der Waals surface area (Å²) in [5.41, 5.74) is 8.07. The van der Waals surface area contributed by atoms with E-state index >= 15 is 0 Å². The minimum absolute atomic E-state index is 0.0381. The zero-order valence-electron chi connectivity index (χ0n) is 7.33. The quantitative estimate of drug-likeness (QED) is 0.691. The van der Waals surface area contributed by atoms with Gasteiger partial charge in [0.2, 0.25) is 0 Å². The van der Waals surface area contributed by atoms with E-state index in [1.165, 1.54) is 0 Å². The predicted molar refractivity (Wildman–Crippen MR) is 50.6 cm³/mol. The summed E-state index contributed by atoms with van der Waals surface area (Å²) in [6, 6.07) is 3.92. The Morgan fingerprint density at radius 3 is 3.00 bits per heavy atom.